The third-order valence-corrected chi connectivity index (χ3v) is 6.95. The van der Waals surface area contributed by atoms with Gasteiger partial charge in [-0.05, 0) is 55.4 Å². The lowest BCUT2D eigenvalue weighted by molar-refractivity contribution is -0.0294. The first-order valence-corrected chi connectivity index (χ1v) is 11.1. The summed E-state index contributed by atoms with van der Waals surface area (Å²) in [6.45, 7) is 3.69. The summed E-state index contributed by atoms with van der Waals surface area (Å²) in [5, 5.41) is 4.23. The number of carbonyl (C=O) groups excluding carboxylic acids is 1. The Kier molecular flexibility index (Phi) is 6.70. The van der Waals surface area contributed by atoms with Gasteiger partial charge in [0.05, 0.1) is 34.4 Å². The quantitative estimate of drug-likeness (QED) is 0.407. The van der Waals surface area contributed by atoms with Crippen molar-refractivity contribution >= 4 is 38.8 Å². The highest BCUT2D eigenvalue weighted by atomic mass is 32.1. The molecule has 0 bridgehead atoms. The Morgan fingerprint density at radius 3 is 2.68 bits per heavy atom. The first-order valence-electron chi connectivity index (χ1n) is 10.3. The zero-order valence-corrected chi connectivity index (χ0v) is 18.5. The number of carbonyl (C=O) groups is 1. The minimum Gasteiger partial charge on any atom is -0.381 e. The highest BCUT2D eigenvalue weighted by molar-refractivity contribution is 7.20. The van der Waals surface area contributed by atoms with Crippen LogP contribution in [0.5, 0.6) is 0 Å². The summed E-state index contributed by atoms with van der Waals surface area (Å²) in [6.07, 6.45) is 10.1. The summed E-state index contributed by atoms with van der Waals surface area (Å²) in [4.78, 5) is 27.3. The fourth-order valence-electron chi connectivity index (χ4n) is 4.31. The van der Waals surface area contributed by atoms with Gasteiger partial charge < -0.3 is 14.8 Å². The third-order valence-electron chi connectivity index (χ3n) is 5.80. The molecule has 1 saturated carbocycles. The van der Waals surface area contributed by atoms with E-state index >= 15 is 0 Å². The van der Waals surface area contributed by atoms with Gasteiger partial charge in [0.2, 0.25) is 0 Å². The molecule has 0 aliphatic heterocycles. The largest absolute Gasteiger partial charge is 0.381 e. The Balaban J connectivity index is 1.76. The molecule has 7 nitrogen and oxygen atoms in total. The van der Waals surface area contributed by atoms with Gasteiger partial charge in [-0.15, -0.1) is 11.3 Å². The number of pyridine rings is 1. The molecule has 1 aliphatic carbocycles. The molecular formula is C23H26N4O3S. The molecule has 0 saturated heterocycles. The lowest BCUT2D eigenvalue weighted by atomic mass is 9.81. The number of fused-ring (bicyclic) bond motifs is 1. The molecular weight excluding hydrogens is 412 g/mol. The Morgan fingerprint density at radius 2 is 2.03 bits per heavy atom. The predicted octanol–water partition coefficient (Wildman–Crippen LogP) is 4.57. The molecule has 1 fully saturated rings. The highest BCUT2D eigenvalue weighted by Crippen LogP contribution is 2.39. The van der Waals surface area contributed by atoms with Crippen molar-refractivity contribution < 1.29 is 14.3 Å². The Hall–Kier alpha value is -2.68. The van der Waals surface area contributed by atoms with Crippen LogP contribution in [0.2, 0.25) is 0 Å². The zero-order chi connectivity index (χ0) is 21.8. The van der Waals surface area contributed by atoms with E-state index in [0.717, 1.165) is 47.2 Å². The van der Waals surface area contributed by atoms with Gasteiger partial charge in [0.1, 0.15) is 17.0 Å². The van der Waals surface area contributed by atoms with E-state index in [1.54, 1.807) is 26.6 Å². The van der Waals surface area contributed by atoms with Crippen LogP contribution >= 0.6 is 11.3 Å². The molecule has 3 aromatic rings. The predicted molar refractivity (Wildman–Crippen MR) is 122 cm³/mol. The third kappa shape index (κ3) is 4.66. The fraction of sp³-hybridized carbons (Fsp3) is 0.391. The number of nitrogens with one attached hydrogen (secondary N) is 1. The van der Waals surface area contributed by atoms with Crippen LogP contribution in [0.3, 0.4) is 0 Å². The van der Waals surface area contributed by atoms with Crippen LogP contribution in [0.15, 0.2) is 43.5 Å². The number of aromatic nitrogens is 3. The molecule has 3 heterocycles. The second kappa shape index (κ2) is 9.64. The van der Waals surface area contributed by atoms with Crippen molar-refractivity contribution in [3.8, 4) is 0 Å². The number of hydrogen-bond acceptors (Lipinski definition) is 8. The van der Waals surface area contributed by atoms with Gasteiger partial charge in [0, 0.05) is 20.4 Å². The zero-order valence-electron chi connectivity index (χ0n) is 17.7. The molecule has 1 aliphatic rings. The summed E-state index contributed by atoms with van der Waals surface area (Å²) in [5.41, 5.74) is 1.79. The minimum atomic E-state index is -0.0901. The summed E-state index contributed by atoms with van der Waals surface area (Å²) in [6, 6.07) is 3.79. The summed E-state index contributed by atoms with van der Waals surface area (Å²) in [5.74, 6) is 0.909. The maximum atomic E-state index is 12.7. The average molecular weight is 439 g/mol. The van der Waals surface area contributed by atoms with E-state index in [-0.39, 0.29) is 18.0 Å². The van der Waals surface area contributed by atoms with Crippen LogP contribution in [0.1, 0.15) is 34.5 Å². The summed E-state index contributed by atoms with van der Waals surface area (Å²) >= 11 is 1.39. The van der Waals surface area contributed by atoms with Crippen LogP contribution < -0.4 is 5.32 Å². The van der Waals surface area contributed by atoms with E-state index in [4.69, 9.17) is 9.47 Å². The standard InChI is InChI=1S/C23H26N4O3S/c1-4-19(28)21-18(10-14-8-16(29-2)11-17(9-14)30-3)20-22(25-13-26-23(20)31-21)27-15-6-5-7-24-12-15/h4-7,12-14,16-17H,1,8-11H2,2-3H3,(H,25,26,27). The molecule has 0 radical (unpaired) electrons. The Morgan fingerprint density at radius 1 is 1.26 bits per heavy atom. The molecule has 1 N–H and O–H groups in total. The van der Waals surface area contributed by atoms with Crippen LogP contribution in [0, 0.1) is 5.92 Å². The lowest BCUT2D eigenvalue weighted by Gasteiger charge is -2.33. The number of ketones is 1. The number of rotatable bonds is 8. The molecule has 3 aromatic heterocycles. The number of allylic oxidation sites excluding steroid dienone is 1. The van der Waals surface area contributed by atoms with Crippen molar-refractivity contribution in [2.75, 3.05) is 19.5 Å². The van der Waals surface area contributed by atoms with Gasteiger partial charge in [-0.25, -0.2) is 9.97 Å². The summed E-state index contributed by atoms with van der Waals surface area (Å²) < 4.78 is 11.3. The second-order valence-corrected chi connectivity index (χ2v) is 8.74. The van der Waals surface area contributed by atoms with E-state index in [1.807, 2.05) is 12.1 Å². The Bertz CT molecular complexity index is 1060. The monoisotopic (exact) mass is 438 g/mol. The topological polar surface area (TPSA) is 86.2 Å². The van der Waals surface area contributed by atoms with Gasteiger partial charge in [-0.2, -0.15) is 0 Å². The van der Waals surface area contributed by atoms with E-state index in [1.165, 1.54) is 23.7 Å². The molecule has 162 valence electrons. The maximum absolute atomic E-state index is 12.7. The van der Waals surface area contributed by atoms with E-state index in [2.05, 4.69) is 26.8 Å². The normalized spacial score (nSPS) is 21.2. The highest BCUT2D eigenvalue weighted by Gasteiger charge is 2.31. The number of anilines is 2. The van der Waals surface area contributed by atoms with E-state index in [9.17, 15) is 4.79 Å². The molecule has 31 heavy (non-hydrogen) atoms. The first-order chi connectivity index (χ1) is 15.1. The molecule has 2 unspecified atom stereocenters. The van der Waals surface area contributed by atoms with Crippen LogP contribution in [0.4, 0.5) is 11.5 Å². The van der Waals surface area contributed by atoms with Gasteiger partial charge >= 0.3 is 0 Å². The van der Waals surface area contributed by atoms with Gasteiger partial charge in [-0.3, -0.25) is 9.78 Å². The number of hydrogen-bond donors (Lipinski definition) is 1. The van der Waals surface area contributed by atoms with Crippen molar-refractivity contribution in [2.24, 2.45) is 5.92 Å². The van der Waals surface area contributed by atoms with Gasteiger partial charge in [-0.1, -0.05) is 6.58 Å². The molecule has 0 amide bonds. The number of ether oxygens (including phenoxy) is 2. The second-order valence-electron chi connectivity index (χ2n) is 7.74. The average Bonchev–Trinajstić information content (AvgIpc) is 3.18. The first kappa shape index (κ1) is 21.5. The van der Waals surface area contributed by atoms with Gasteiger partial charge in [0.15, 0.2) is 5.78 Å². The molecule has 0 aromatic carbocycles. The number of thiophene rings is 1. The molecule has 2 atom stereocenters. The summed E-state index contributed by atoms with van der Waals surface area (Å²) in [7, 11) is 3.49. The van der Waals surface area contributed by atoms with Crippen molar-refractivity contribution in [1.82, 2.24) is 15.0 Å². The molecule has 0 spiro atoms. The SMILES string of the molecule is C=CC(=O)c1sc2ncnc(Nc3cccnc3)c2c1CC1CC(OC)CC(OC)C1. The van der Waals surface area contributed by atoms with Crippen LogP contribution in [-0.4, -0.2) is 47.2 Å². The van der Waals surface area contributed by atoms with Crippen LogP contribution in [-0.2, 0) is 15.9 Å². The van der Waals surface area contributed by atoms with Gasteiger partial charge in [0.25, 0.3) is 0 Å². The number of methoxy groups -OCH3 is 2. The Labute approximate surface area is 185 Å². The van der Waals surface area contributed by atoms with Crippen molar-refractivity contribution in [2.45, 2.75) is 37.9 Å². The van der Waals surface area contributed by atoms with Crippen LogP contribution in [0.25, 0.3) is 10.2 Å². The number of nitrogens with zero attached hydrogens (tertiary/aromatic N) is 3. The smallest absolute Gasteiger partial charge is 0.195 e. The minimum absolute atomic E-state index is 0.0901. The fourth-order valence-corrected chi connectivity index (χ4v) is 5.42. The van der Waals surface area contributed by atoms with E-state index < -0.39 is 0 Å². The molecule has 4 rings (SSSR count). The molecule has 8 heteroatoms. The maximum Gasteiger partial charge on any atom is 0.195 e. The van der Waals surface area contributed by atoms with Crippen molar-refractivity contribution in [3.63, 3.8) is 0 Å². The van der Waals surface area contributed by atoms with Crippen molar-refractivity contribution in [1.29, 1.82) is 0 Å². The van der Waals surface area contributed by atoms with E-state index in [0.29, 0.717) is 16.6 Å². The van der Waals surface area contributed by atoms with Crippen molar-refractivity contribution in [3.05, 3.63) is 53.9 Å². The lowest BCUT2D eigenvalue weighted by Crippen LogP contribution is -2.33.